The first kappa shape index (κ1) is 17.1. The van der Waals surface area contributed by atoms with Crippen LogP contribution in [0.15, 0.2) is 24.3 Å². The van der Waals surface area contributed by atoms with Crippen molar-refractivity contribution in [3.8, 4) is 0 Å². The Kier molecular flexibility index (Phi) is 7.39. The maximum Gasteiger partial charge on any atom is 0.309 e. The molecule has 2 amide bonds. The van der Waals surface area contributed by atoms with Crippen molar-refractivity contribution >= 4 is 11.8 Å². The largest absolute Gasteiger partial charge is 0.379 e. The standard InChI is InChI=1S/C15H21FN2O3/c1-11(2)21-9-3-8-17-14(19)15(20)18-10-12-4-6-13(16)7-5-12/h4-7,11H,3,8-10H2,1-2H3,(H,17,19)(H,18,20). The van der Waals surface area contributed by atoms with Crippen LogP contribution in [0.4, 0.5) is 4.39 Å². The average Bonchev–Trinajstić information content (AvgIpc) is 2.45. The number of carbonyl (C=O) groups is 2. The molecule has 0 spiro atoms. The Morgan fingerprint density at radius 1 is 1.14 bits per heavy atom. The van der Waals surface area contributed by atoms with E-state index in [1.807, 2.05) is 13.8 Å². The molecule has 116 valence electrons. The fourth-order valence-electron chi connectivity index (χ4n) is 1.54. The van der Waals surface area contributed by atoms with Gasteiger partial charge in [0.1, 0.15) is 5.82 Å². The van der Waals surface area contributed by atoms with Crippen molar-refractivity contribution in [2.75, 3.05) is 13.2 Å². The molecule has 0 heterocycles. The number of rotatable bonds is 7. The van der Waals surface area contributed by atoms with Gasteiger partial charge < -0.3 is 15.4 Å². The van der Waals surface area contributed by atoms with Crippen LogP contribution in [0.3, 0.4) is 0 Å². The van der Waals surface area contributed by atoms with Crippen LogP contribution >= 0.6 is 0 Å². The summed E-state index contributed by atoms with van der Waals surface area (Å²) >= 11 is 0. The van der Waals surface area contributed by atoms with Gasteiger partial charge in [-0.05, 0) is 38.0 Å². The van der Waals surface area contributed by atoms with E-state index in [4.69, 9.17) is 4.74 Å². The van der Waals surface area contributed by atoms with Gasteiger partial charge in [0.2, 0.25) is 0 Å². The third-order valence-corrected chi connectivity index (χ3v) is 2.63. The van der Waals surface area contributed by atoms with E-state index in [2.05, 4.69) is 10.6 Å². The molecule has 1 rings (SSSR count). The van der Waals surface area contributed by atoms with Gasteiger partial charge in [-0.25, -0.2) is 4.39 Å². The van der Waals surface area contributed by atoms with E-state index in [0.29, 0.717) is 19.6 Å². The maximum atomic E-state index is 12.7. The monoisotopic (exact) mass is 296 g/mol. The van der Waals surface area contributed by atoms with Crippen LogP contribution in [0.1, 0.15) is 25.8 Å². The first-order chi connectivity index (χ1) is 9.99. The summed E-state index contributed by atoms with van der Waals surface area (Å²) in [6, 6.07) is 5.71. The van der Waals surface area contributed by atoms with Crippen LogP contribution in [-0.2, 0) is 20.9 Å². The molecule has 1 aromatic carbocycles. The lowest BCUT2D eigenvalue weighted by Crippen LogP contribution is -2.40. The van der Waals surface area contributed by atoms with Gasteiger partial charge in [0.25, 0.3) is 0 Å². The van der Waals surface area contributed by atoms with Crippen molar-refractivity contribution in [2.45, 2.75) is 32.9 Å². The first-order valence-electron chi connectivity index (χ1n) is 6.91. The van der Waals surface area contributed by atoms with Gasteiger partial charge in [-0.1, -0.05) is 12.1 Å². The van der Waals surface area contributed by atoms with Crippen molar-refractivity contribution < 1.29 is 18.7 Å². The third kappa shape index (κ3) is 7.41. The lowest BCUT2D eigenvalue weighted by Gasteiger charge is -2.08. The summed E-state index contributed by atoms with van der Waals surface area (Å²) < 4.78 is 18.0. The number of hydrogen-bond acceptors (Lipinski definition) is 3. The molecule has 0 saturated heterocycles. The van der Waals surface area contributed by atoms with Crippen LogP contribution in [0.5, 0.6) is 0 Å². The van der Waals surface area contributed by atoms with E-state index < -0.39 is 11.8 Å². The minimum atomic E-state index is -0.705. The quantitative estimate of drug-likeness (QED) is 0.590. The highest BCUT2D eigenvalue weighted by atomic mass is 19.1. The Balaban J connectivity index is 2.19. The van der Waals surface area contributed by atoms with Gasteiger partial charge in [0.15, 0.2) is 0 Å². The zero-order chi connectivity index (χ0) is 15.7. The van der Waals surface area contributed by atoms with Gasteiger partial charge in [-0.2, -0.15) is 0 Å². The molecule has 0 aromatic heterocycles. The maximum absolute atomic E-state index is 12.7. The number of nitrogens with one attached hydrogen (secondary N) is 2. The lowest BCUT2D eigenvalue weighted by atomic mass is 10.2. The lowest BCUT2D eigenvalue weighted by molar-refractivity contribution is -0.139. The summed E-state index contributed by atoms with van der Waals surface area (Å²) in [5.74, 6) is -1.72. The van der Waals surface area contributed by atoms with Gasteiger partial charge in [-0.3, -0.25) is 9.59 Å². The summed E-state index contributed by atoms with van der Waals surface area (Å²) in [5, 5.41) is 4.98. The van der Waals surface area contributed by atoms with E-state index >= 15 is 0 Å². The topological polar surface area (TPSA) is 67.4 Å². The highest BCUT2D eigenvalue weighted by Gasteiger charge is 2.12. The molecule has 0 aliphatic rings. The number of ether oxygens (including phenoxy) is 1. The fourth-order valence-corrected chi connectivity index (χ4v) is 1.54. The number of halogens is 1. The summed E-state index contributed by atoms with van der Waals surface area (Å²) in [5.41, 5.74) is 0.725. The minimum Gasteiger partial charge on any atom is -0.379 e. The van der Waals surface area contributed by atoms with Crippen molar-refractivity contribution in [2.24, 2.45) is 0 Å². The molecule has 5 nitrogen and oxygen atoms in total. The normalized spacial score (nSPS) is 10.5. The van der Waals surface area contributed by atoms with Crippen molar-refractivity contribution in [3.63, 3.8) is 0 Å². The molecule has 0 unspecified atom stereocenters. The second kappa shape index (κ2) is 9.07. The Morgan fingerprint density at radius 3 is 2.38 bits per heavy atom. The molecule has 0 atom stereocenters. The molecule has 6 heteroatoms. The molecule has 0 bridgehead atoms. The highest BCUT2D eigenvalue weighted by Crippen LogP contribution is 2.01. The molecular weight excluding hydrogens is 275 g/mol. The second-order valence-corrected chi connectivity index (χ2v) is 4.84. The Bertz CT molecular complexity index is 460. The third-order valence-electron chi connectivity index (χ3n) is 2.63. The summed E-state index contributed by atoms with van der Waals surface area (Å²) in [4.78, 5) is 23.0. The average molecular weight is 296 g/mol. The number of hydrogen-bond donors (Lipinski definition) is 2. The number of amides is 2. The van der Waals surface area contributed by atoms with Gasteiger partial charge in [0, 0.05) is 19.7 Å². The van der Waals surface area contributed by atoms with E-state index in [-0.39, 0.29) is 18.5 Å². The molecule has 0 radical (unpaired) electrons. The Labute approximate surface area is 123 Å². The van der Waals surface area contributed by atoms with E-state index in [9.17, 15) is 14.0 Å². The zero-order valence-electron chi connectivity index (χ0n) is 12.3. The van der Waals surface area contributed by atoms with Crippen molar-refractivity contribution in [3.05, 3.63) is 35.6 Å². The Hall–Kier alpha value is -1.95. The van der Waals surface area contributed by atoms with E-state index in [1.165, 1.54) is 12.1 Å². The second-order valence-electron chi connectivity index (χ2n) is 4.84. The number of benzene rings is 1. The zero-order valence-corrected chi connectivity index (χ0v) is 12.3. The van der Waals surface area contributed by atoms with Crippen LogP contribution in [0.2, 0.25) is 0 Å². The predicted octanol–water partition coefficient (Wildman–Crippen LogP) is 1.37. The molecule has 0 fully saturated rings. The predicted molar refractivity (Wildman–Crippen MR) is 77.0 cm³/mol. The van der Waals surface area contributed by atoms with Crippen LogP contribution in [-0.4, -0.2) is 31.1 Å². The summed E-state index contributed by atoms with van der Waals surface area (Å²) in [6.07, 6.45) is 0.800. The Morgan fingerprint density at radius 2 is 1.76 bits per heavy atom. The van der Waals surface area contributed by atoms with Gasteiger partial charge in [-0.15, -0.1) is 0 Å². The summed E-state index contributed by atoms with van der Waals surface area (Å²) in [7, 11) is 0. The van der Waals surface area contributed by atoms with E-state index in [1.54, 1.807) is 12.1 Å². The first-order valence-corrected chi connectivity index (χ1v) is 6.91. The minimum absolute atomic E-state index is 0.153. The van der Waals surface area contributed by atoms with E-state index in [0.717, 1.165) is 5.56 Å². The molecule has 2 N–H and O–H groups in total. The molecule has 21 heavy (non-hydrogen) atoms. The van der Waals surface area contributed by atoms with Crippen LogP contribution < -0.4 is 10.6 Å². The van der Waals surface area contributed by atoms with Crippen molar-refractivity contribution in [1.29, 1.82) is 0 Å². The molecule has 0 aliphatic carbocycles. The molecule has 0 saturated carbocycles. The van der Waals surface area contributed by atoms with Crippen LogP contribution in [0.25, 0.3) is 0 Å². The van der Waals surface area contributed by atoms with Gasteiger partial charge in [0.05, 0.1) is 6.10 Å². The number of carbonyl (C=O) groups excluding carboxylic acids is 2. The van der Waals surface area contributed by atoms with Gasteiger partial charge >= 0.3 is 11.8 Å². The van der Waals surface area contributed by atoms with Crippen molar-refractivity contribution in [1.82, 2.24) is 10.6 Å². The molecule has 0 aliphatic heterocycles. The highest BCUT2D eigenvalue weighted by molar-refractivity contribution is 6.35. The smallest absolute Gasteiger partial charge is 0.309 e. The SMILES string of the molecule is CC(C)OCCCNC(=O)C(=O)NCc1ccc(F)cc1. The van der Waals surface area contributed by atoms with Crippen LogP contribution in [0, 0.1) is 5.82 Å². The fraction of sp³-hybridized carbons (Fsp3) is 0.467. The summed E-state index contributed by atoms with van der Waals surface area (Å²) in [6.45, 7) is 4.97. The molecule has 1 aromatic rings. The molecular formula is C15H21FN2O3.